The van der Waals surface area contributed by atoms with Gasteiger partial charge in [0.05, 0.1) is 20.1 Å². The molecule has 0 aromatic rings. The van der Waals surface area contributed by atoms with Crippen molar-refractivity contribution >= 4 is 5.78 Å². The van der Waals surface area contributed by atoms with E-state index in [1.807, 2.05) is 6.08 Å². The van der Waals surface area contributed by atoms with Gasteiger partial charge in [-0.15, -0.1) is 0 Å². The van der Waals surface area contributed by atoms with Crippen molar-refractivity contribution in [2.24, 2.45) is 0 Å². The quantitative estimate of drug-likeness (QED) is 0.0340. The molecule has 0 N–H and O–H groups in total. The smallest absolute Gasteiger partial charge is 0.186 e. The van der Waals surface area contributed by atoms with Crippen LogP contribution in [0.3, 0.4) is 0 Å². The van der Waals surface area contributed by atoms with E-state index in [0.717, 1.165) is 30.4 Å². The highest BCUT2D eigenvalue weighted by atomic mass is 16.1. The summed E-state index contributed by atoms with van der Waals surface area (Å²) in [4.78, 5) is 12.9. The van der Waals surface area contributed by atoms with Gasteiger partial charge in [0, 0.05) is 6.42 Å². The van der Waals surface area contributed by atoms with Gasteiger partial charge in [0.15, 0.2) is 5.78 Å². The minimum Gasteiger partial charge on any atom is -0.317 e. The van der Waals surface area contributed by atoms with Crippen LogP contribution >= 0.6 is 0 Å². The van der Waals surface area contributed by atoms with E-state index in [1.54, 1.807) is 0 Å². The number of quaternary nitrogens is 1. The summed E-state index contributed by atoms with van der Waals surface area (Å²) < 4.78 is 0.862. The molecule has 340 valence electrons. The molecule has 0 fully saturated rings. The molecule has 2 nitrogen and oxygen atoms in total. The summed E-state index contributed by atoms with van der Waals surface area (Å²) >= 11 is 0. The van der Waals surface area contributed by atoms with Gasteiger partial charge in [0.2, 0.25) is 0 Å². The maximum Gasteiger partial charge on any atom is 0.186 e. The molecule has 2 heteroatoms. The van der Waals surface area contributed by atoms with Gasteiger partial charge in [-0.1, -0.05) is 290 Å². The van der Waals surface area contributed by atoms with Gasteiger partial charge in [0.1, 0.15) is 6.54 Å². The molecule has 1 atom stereocenters. The van der Waals surface area contributed by atoms with E-state index in [1.165, 1.54) is 283 Å². The van der Waals surface area contributed by atoms with Crippen LogP contribution in [-0.4, -0.2) is 36.9 Å². The topological polar surface area (TPSA) is 17.1 Å². The third-order valence-corrected chi connectivity index (χ3v) is 13.2. The number of nitrogens with zero attached hydrogens (tertiary/aromatic N) is 1. The predicted octanol–water partition coefficient (Wildman–Crippen LogP) is 19.2. The highest BCUT2D eigenvalue weighted by molar-refractivity contribution is 5.79. The average molecular weight is 801 g/mol. The molecule has 0 aromatic heterocycles. The van der Waals surface area contributed by atoms with Crippen molar-refractivity contribution < 1.29 is 9.28 Å². The van der Waals surface area contributed by atoms with Crippen molar-refractivity contribution in [2.45, 2.75) is 309 Å². The van der Waals surface area contributed by atoms with Gasteiger partial charge in [-0.05, 0) is 25.3 Å². The van der Waals surface area contributed by atoms with E-state index in [-0.39, 0.29) is 0 Å². The number of hydrogen-bond donors (Lipinski definition) is 0. The Hall–Kier alpha value is -0.630. The van der Waals surface area contributed by atoms with Gasteiger partial charge < -0.3 is 4.48 Å². The lowest BCUT2D eigenvalue weighted by atomic mass is 10.0. The van der Waals surface area contributed by atoms with Crippen LogP contribution in [0.4, 0.5) is 0 Å². The molecule has 0 aliphatic carbocycles. The van der Waals surface area contributed by atoms with E-state index in [4.69, 9.17) is 0 Å². The summed E-state index contributed by atoms with van der Waals surface area (Å²) in [6.07, 6.45) is 66.8. The van der Waals surface area contributed by atoms with Crippen LogP contribution in [0, 0.1) is 0 Å². The lowest BCUT2D eigenvalue weighted by molar-refractivity contribution is -0.896. The highest BCUT2D eigenvalue weighted by Gasteiger charge is 2.23. The SMILES string of the molecule is C=CC[N+](C)(CCCCCCCCCCCCCCCCCCCCCCCCCCCCCCCC)CC(=O)CCCCCCCCCCCCCCCCC. The van der Waals surface area contributed by atoms with E-state index in [0.29, 0.717) is 12.3 Å². The molecular formula is C55H110NO+. The monoisotopic (exact) mass is 801 g/mol. The number of unbranched alkanes of at least 4 members (excludes halogenated alkanes) is 43. The van der Waals surface area contributed by atoms with Crippen LogP contribution in [0.25, 0.3) is 0 Å². The Bertz CT molecular complexity index is 776. The van der Waals surface area contributed by atoms with Crippen molar-refractivity contribution in [3.8, 4) is 0 Å². The highest BCUT2D eigenvalue weighted by Crippen LogP contribution is 2.18. The molecule has 0 saturated heterocycles. The molecule has 0 aromatic carbocycles. The second kappa shape index (κ2) is 48.0. The summed E-state index contributed by atoms with van der Waals surface area (Å²) in [6, 6.07) is 0. The van der Waals surface area contributed by atoms with Gasteiger partial charge >= 0.3 is 0 Å². The van der Waals surface area contributed by atoms with E-state index in [9.17, 15) is 4.79 Å². The fourth-order valence-corrected chi connectivity index (χ4v) is 9.26. The fourth-order valence-electron chi connectivity index (χ4n) is 9.26. The summed E-state index contributed by atoms with van der Waals surface area (Å²) in [5, 5.41) is 0. The van der Waals surface area contributed by atoms with Crippen LogP contribution in [-0.2, 0) is 4.79 Å². The number of hydrogen-bond acceptors (Lipinski definition) is 1. The van der Waals surface area contributed by atoms with Crippen LogP contribution in [0.1, 0.15) is 309 Å². The van der Waals surface area contributed by atoms with Crippen molar-refractivity contribution in [2.75, 3.05) is 26.7 Å². The van der Waals surface area contributed by atoms with Crippen LogP contribution in [0.2, 0.25) is 0 Å². The molecule has 0 amide bonds. The fraction of sp³-hybridized carbons (Fsp3) is 0.945. The van der Waals surface area contributed by atoms with Crippen LogP contribution in [0.5, 0.6) is 0 Å². The Morgan fingerprint density at radius 3 is 0.789 bits per heavy atom. The lowest BCUT2D eigenvalue weighted by Crippen LogP contribution is -2.48. The number of Topliss-reactive ketones (excluding diaryl/α,β-unsaturated/α-hetero) is 1. The zero-order valence-corrected chi connectivity index (χ0v) is 40.3. The maximum atomic E-state index is 12.9. The Morgan fingerprint density at radius 1 is 0.351 bits per heavy atom. The van der Waals surface area contributed by atoms with Crippen molar-refractivity contribution in [3.05, 3.63) is 12.7 Å². The zero-order chi connectivity index (χ0) is 41.4. The first-order valence-electron chi connectivity index (χ1n) is 27.0. The summed E-state index contributed by atoms with van der Waals surface area (Å²) in [5.41, 5.74) is 0. The average Bonchev–Trinajstić information content (AvgIpc) is 3.20. The van der Waals surface area contributed by atoms with Crippen LogP contribution in [0.15, 0.2) is 12.7 Å². The van der Waals surface area contributed by atoms with Gasteiger partial charge in [-0.3, -0.25) is 4.79 Å². The summed E-state index contributed by atoms with van der Waals surface area (Å²) in [6.45, 7) is 11.4. The van der Waals surface area contributed by atoms with Crippen molar-refractivity contribution in [3.63, 3.8) is 0 Å². The summed E-state index contributed by atoms with van der Waals surface area (Å²) in [7, 11) is 2.29. The second-order valence-electron chi connectivity index (χ2n) is 19.5. The zero-order valence-electron chi connectivity index (χ0n) is 40.3. The summed E-state index contributed by atoms with van der Waals surface area (Å²) in [5.74, 6) is 0.472. The number of ketones is 1. The molecule has 0 saturated carbocycles. The molecule has 57 heavy (non-hydrogen) atoms. The molecule has 0 aliphatic heterocycles. The molecule has 0 rings (SSSR count). The van der Waals surface area contributed by atoms with Gasteiger partial charge in [0.25, 0.3) is 0 Å². The maximum absolute atomic E-state index is 12.9. The number of carbonyl (C=O) groups is 1. The molecular weight excluding hydrogens is 691 g/mol. The molecule has 0 heterocycles. The van der Waals surface area contributed by atoms with E-state index >= 15 is 0 Å². The first-order valence-corrected chi connectivity index (χ1v) is 27.0. The molecule has 1 unspecified atom stereocenters. The van der Waals surface area contributed by atoms with Gasteiger partial charge in [-0.25, -0.2) is 0 Å². The Labute approximate surface area is 362 Å². The minimum absolute atomic E-state index is 0.472. The molecule has 0 bridgehead atoms. The Kier molecular flexibility index (Phi) is 47.5. The standard InChI is InChI=1S/C55H110NO/c1-5-8-10-12-14-16-18-20-22-23-24-25-26-27-28-29-30-31-32-33-34-35-36-38-40-42-44-46-48-50-53-56(4,52-7-3)54-55(57)51-49-47-45-43-41-39-37-21-19-17-15-13-11-9-6-2/h7H,3,5-6,8-54H2,1-2,4H3/q+1. The Balaban J connectivity index is 3.46. The largest absolute Gasteiger partial charge is 0.317 e. The normalized spacial score (nSPS) is 12.7. The predicted molar refractivity (Wildman–Crippen MR) is 260 cm³/mol. The molecule has 0 spiro atoms. The third-order valence-electron chi connectivity index (χ3n) is 13.2. The van der Waals surface area contributed by atoms with E-state index < -0.39 is 0 Å². The first-order chi connectivity index (χ1) is 28.1. The van der Waals surface area contributed by atoms with Crippen molar-refractivity contribution in [1.29, 1.82) is 0 Å². The van der Waals surface area contributed by atoms with Gasteiger partial charge in [-0.2, -0.15) is 0 Å². The third kappa shape index (κ3) is 46.3. The minimum atomic E-state index is 0.472. The lowest BCUT2D eigenvalue weighted by Gasteiger charge is -2.33. The number of likely N-dealkylation sites (N-methyl/N-ethyl adjacent to an activating group) is 1. The molecule has 0 aliphatic rings. The number of rotatable bonds is 51. The molecule has 0 radical (unpaired) electrons. The number of carbonyl (C=O) groups excluding carboxylic acids is 1. The Morgan fingerprint density at radius 2 is 0.561 bits per heavy atom. The van der Waals surface area contributed by atoms with Crippen LogP contribution < -0.4 is 0 Å². The van der Waals surface area contributed by atoms with Crippen molar-refractivity contribution in [1.82, 2.24) is 0 Å². The van der Waals surface area contributed by atoms with E-state index in [2.05, 4.69) is 27.5 Å². The second-order valence-corrected chi connectivity index (χ2v) is 19.5. The first kappa shape index (κ1) is 56.4.